The molecule has 0 saturated carbocycles. The lowest BCUT2D eigenvalue weighted by atomic mass is 9.99. The third kappa shape index (κ3) is 4.46. The largest absolute Gasteiger partial charge is 0.348 e. The van der Waals surface area contributed by atoms with Crippen LogP contribution in [0.3, 0.4) is 0 Å². The van der Waals surface area contributed by atoms with Crippen molar-refractivity contribution in [3.63, 3.8) is 0 Å². The summed E-state index contributed by atoms with van der Waals surface area (Å²) in [6.07, 6.45) is 11.7. The van der Waals surface area contributed by atoms with Crippen LogP contribution >= 0.6 is 11.6 Å². The molecule has 0 aromatic heterocycles. The van der Waals surface area contributed by atoms with Gasteiger partial charge in [0, 0.05) is 36.3 Å². The molecule has 1 aromatic rings. The Morgan fingerprint density at radius 3 is 3.00 bits per heavy atom. The number of nitrogens with one attached hydrogen (secondary N) is 1. The topological polar surface area (TPSA) is 32.3 Å². The van der Waals surface area contributed by atoms with Gasteiger partial charge in [-0.25, -0.2) is 0 Å². The second kappa shape index (κ2) is 7.80. The molecule has 0 fully saturated rings. The van der Waals surface area contributed by atoms with Crippen LogP contribution < -0.4 is 5.32 Å². The normalized spacial score (nSPS) is 21.8. The average molecular weight is 331 g/mol. The van der Waals surface area contributed by atoms with Gasteiger partial charge in [0.2, 0.25) is 0 Å². The van der Waals surface area contributed by atoms with Gasteiger partial charge < -0.3 is 5.32 Å². The number of amides is 1. The van der Waals surface area contributed by atoms with E-state index in [1.165, 1.54) is 24.8 Å². The fourth-order valence-corrected chi connectivity index (χ4v) is 3.40. The Morgan fingerprint density at radius 1 is 1.39 bits per heavy atom. The maximum absolute atomic E-state index is 12.1. The lowest BCUT2D eigenvalue weighted by molar-refractivity contribution is 0.0956. The van der Waals surface area contributed by atoms with Crippen LogP contribution in [-0.4, -0.2) is 36.5 Å². The van der Waals surface area contributed by atoms with Gasteiger partial charge in [0.05, 0.1) is 0 Å². The first-order valence-electron chi connectivity index (χ1n) is 8.35. The molecule has 122 valence electrons. The van der Waals surface area contributed by atoms with Crippen molar-refractivity contribution in [2.45, 2.75) is 31.7 Å². The maximum Gasteiger partial charge on any atom is 0.251 e. The van der Waals surface area contributed by atoms with E-state index in [0.29, 0.717) is 23.2 Å². The molecule has 1 aromatic carbocycles. The quantitative estimate of drug-likeness (QED) is 0.851. The predicted octanol–water partition coefficient (Wildman–Crippen LogP) is 3.81. The maximum atomic E-state index is 12.1. The van der Waals surface area contributed by atoms with Crippen molar-refractivity contribution in [3.8, 4) is 0 Å². The highest BCUT2D eigenvalue weighted by atomic mass is 35.5. The second-order valence-corrected chi connectivity index (χ2v) is 6.66. The van der Waals surface area contributed by atoms with E-state index < -0.39 is 0 Å². The molecule has 1 atom stereocenters. The summed E-state index contributed by atoms with van der Waals surface area (Å²) in [5.41, 5.74) is 1.93. The fourth-order valence-electron chi connectivity index (χ4n) is 3.21. The van der Waals surface area contributed by atoms with E-state index in [0.717, 1.165) is 19.5 Å². The van der Waals surface area contributed by atoms with Crippen molar-refractivity contribution in [1.82, 2.24) is 10.2 Å². The summed E-state index contributed by atoms with van der Waals surface area (Å²) in [6, 6.07) is 7.66. The lowest BCUT2D eigenvalue weighted by Gasteiger charge is -2.33. The Balaban J connectivity index is 1.49. The van der Waals surface area contributed by atoms with Crippen molar-refractivity contribution in [1.29, 1.82) is 0 Å². The van der Waals surface area contributed by atoms with Crippen molar-refractivity contribution >= 4 is 17.5 Å². The number of allylic oxidation sites excluding steroid dienone is 1. The second-order valence-electron chi connectivity index (χ2n) is 6.23. The van der Waals surface area contributed by atoms with E-state index in [4.69, 9.17) is 11.6 Å². The van der Waals surface area contributed by atoms with E-state index in [2.05, 4.69) is 28.4 Å². The Morgan fingerprint density at radius 2 is 2.30 bits per heavy atom. The van der Waals surface area contributed by atoms with Crippen LogP contribution in [0.5, 0.6) is 0 Å². The number of halogens is 1. The van der Waals surface area contributed by atoms with Crippen LogP contribution in [0.4, 0.5) is 0 Å². The van der Waals surface area contributed by atoms with Gasteiger partial charge in [-0.05, 0) is 43.9 Å². The summed E-state index contributed by atoms with van der Waals surface area (Å²) in [6.45, 7) is 2.69. The van der Waals surface area contributed by atoms with E-state index >= 15 is 0 Å². The van der Waals surface area contributed by atoms with Gasteiger partial charge in [0.25, 0.3) is 5.91 Å². The monoisotopic (exact) mass is 330 g/mol. The van der Waals surface area contributed by atoms with Crippen LogP contribution in [0.25, 0.3) is 0 Å². The zero-order chi connectivity index (χ0) is 16.1. The average Bonchev–Trinajstić information content (AvgIpc) is 2.61. The summed E-state index contributed by atoms with van der Waals surface area (Å²) in [7, 11) is 0. The molecule has 0 bridgehead atoms. The number of nitrogens with zero attached hydrogens (tertiary/aromatic N) is 1. The van der Waals surface area contributed by atoms with Crippen LogP contribution in [0, 0.1) is 0 Å². The highest BCUT2D eigenvalue weighted by Gasteiger charge is 2.20. The van der Waals surface area contributed by atoms with Gasteiger partial charge in [-0.15, -0.1) is 0 Å². The number of hydrogen-bond donors (Lipinski definition) is 1. The molecule has 23 heavy (non-hydrogen) atoms. The smallest absolute Gasteiger partial charge is 0.251 e. The molecule has 3 nitrogen and oxygen atoms in total. The first kappa shape index (κ1) is 16.3. The molecule has 1 aliphatic carbocycles. The van der Waals surface area contributed by atoms with Gasteiger partial charge in [0.15, 0.2) is 0 Å². The number of benzene rings is 1. The van der Waals surface area contributed by atoms with E-state index in [-0.39, 0.29) is 5.91 Å². The summed E-state index contributed by atoms with van der Waals surface area (Å²) in [4.78, 5) is 14.7. The van der Waals surface area contributed by atoms with Gasteiger partial charge in [-0.2, -0.15) is 0 Å². The van der Waals surface area contributed by atoms with Crippen LogP contribution in [0.15, 0.2) is 48.1 Å². The van der Waals surface area contributed by atoms with Crippen molar-refractivity contribution < 1.29 is 4.79 Å². The Kier molecular flexibility index (Phi) is 5.52. The summed E-state index contributed by atoms with van der Waals surface area (Å²) < 4.78 is 0. The number of carbonyl (C=O) groups is 1. The van der Waals surface area contributed by atoms with Gasteiger partial charge in [0.1, 0.15) is 0 Å². The Labute approximate surface area is 143 Å². The summed E-state index contributed by atoms with van der Waals surface area (Å²) in [5.74, 6) is -0.0638. The van der Waals surface area contributed by atoms with Crippen molar-refractivity contribution in [2.24, 2.45) is 0 Å². The molecular formula is C19H23ClN2O. The first-order valence-corrected chi connectivity index (χ1v) is 8.72. The Bertz CT molecular complexity index is 624. The minimum Gasteiger partial charge on any atom is -0.348 e. The molecule has 0 saturated heterocycles. The van der Waals surface area contributed by atoms with Crippen LogP contribution in [0.1, 0.15) is 36.0 Å². The van der Waals surface area contributed by atoms with Gasteiger partial charge in [-0.1, -0.05) is 41.5 Å². The molecule has 0 spiro atoms. The lowest BCUT2D eigenvalue weighted by Crippen LogP contribution is -2.39. The number of hydrogen-bond acceptors (Lipinski definition) is 2. The van der Waals surface area contributed by atoms with E-state index in [1.807, 2.05) is 0 Å². The third-order valence-corrected chi connectivity index (χ3v) is 4.83. The summed E-state index contributed by atoms with van der Waals surface area (Å²) in [5, 5.41) is 3.58. The molecule has 4 heteroatoms. The van der Waals surface area contributed by atoms with Gasteiger partial charge >= 0.3 is 0 Å². The zero-order valence-electron chi connectivity index (χ0n) is 13.3. The summed E-state index contributed by atoms with van der Waals surface area (Å²) >= 11 is 5.93. The fraction of sp³-hybridized carbons (Fsp3) is 0.421. The van der Waals surface area contributed by atoms with E-state index in [9.17, 15) is 4.79 Å². The predicted molar refractivity (Wildman–Crippen MR) is 94.8 cm³/mol. The molecule has 0 radical (unpaired) electrons. The highest BCUT2D eigenvalue weighted by Crippen LogP contribution is 2.20. The van der Waals surface area contributed by atoms with Crippen molar-refractivity contribution in [3.05, 3.63) is 58.7 Å². The highest BCUT2D eigenvalue weighted by molar-refractivity contribution is 6.30. The molecule has 3 rings (SSSR count). The van der Waals surface area contributed by atoms with Crippen LogP contribution in [-0.2, 0) is 0 Å². The zero-order valence-corrected chi connectivity index (χ0v) is 14.1. The van der Waals surface area contributed by atoms with Crippen molar-refractivity contribution in [2.75, 3.05) is 19.6 Å². The van der Waals surface area contributed by atoms with Gasteiger partial charge in [-0.3, -0.25) is 9.69 Å². The third-order valence-electron chi connectivity index (χ3n) is 4.60. The molecule has 2 aliphatic rings. The standard InChI is InChI=1S/C19H23ClN2O/c20-17-6-4-5-16(13-17)19(23)21-14-15-9-11-22(12-10-15)18-7-2-1-3-8-18/h2,4-7,9,13,18H,1,3,8,10-12,14H2,(H,21,23)/t18-/m0/s1. The minimum absolute atomic E-state index is 0.0638. The molecule has 1 aliphatic heterocycles. The minimum atomic E-state index is -0.0638. The molecular weight excluding hydrogens is 308 g/mol. The number of carbonyl (C=O) groups excluding carboxylic acids is 1. The van der Waals surface area contributed by atoms with Crippen LogP contribution in [0.2, 0.25) is 5.02 Å². The molecule has 1 amide bonds. The number of rotatable bonds is 4. The SMILES string of the molecule is O=C(NCC1=CCN([C@H]2C=CCCC2)CC1)c1cccc(Cl)c1. The molecule has 0 unspecified atom stereocenters. The first-order chi connectivity index (χ1) is 11.2. The Hall–Kier alpha value is -1.58. The van der Waals surface area contributed by atoms with E-state index in [1.54, 1.807) is 24.3 Å². The molecule has 1 N–H and O–H groups in total. The molecule has 1 heterocycles.